The first-order valence-corrected chi connectivity index (χ1v) is 8.66. The van der Waals surface area contributed by atoms with E-state index in [4.69, 9.17) is 28.9 Å². The molecule has 1 aromatic heterocycles. The van der Waals surface area contributed by atoms with E-state index >= 15 is 0 Å². The van der Waals surface area contributed by atoms with E-state index in [1.807, 2.05) is 0 Å². The highest BCUT2D eigenvalue weighted by atomic mass is 35.5. The van der Waals surface area contributed by atoms with Crippen molar-refractivity contribution in [1.29, 1.82) is 0 Å². The van der Waals surface area contributed by atoms with Crippen LogP contribution in [0.15, 0.2) is 18.2 Å². The van der Waals surface area contributed by atoms with E-state index in [1.54, 1.807) is 25.1 Å². The fourth-order valence-electron chi connectivity index (χ4n) is 3.13. The summed E-state index contributed by atoms with van der Waals surface area (Å²) in [5, 5.41) is 8.17. The van der Waals surface area contributed by atoms with Crippen LogP contribution in [0.25, 0.3) is 5.69 Å². The lowest BCUT2D eigenvalue weighted by Crippen LogP contribution is -2.40. The van der Waals surface area contributed by atoms with Crippen molar-refractivity contribution in [3.8, 4) is 5.69 Å². The van der Waals surface area contributed by atoms with Gasteiger partial charge in [0, 0.05) is 6.04 Å². The lowest BCUT2D eigenvalue weighted by molar-refractivity contribution is 0.0918. The molecule has 0 aliphatic heterocycles. The number of nitrogens with one attached hydrogen (secondary N) is 1. The van der Waals surface area contributed by atoms with E-state index in [0.717, 1.165) is 19.3 Å². The van der Waals surface area contributed by atoms with Gasteiger partial charge in [-0.1, -0.05) is 35.7 Å². The Morgan fingerprint density at radius 1 is 1.36 bits per heavy atom. The zero-order valence-corrected chi connectivity index (χ0v) is 16.0. The fraction of sp³-hybridized carbons (Fsp3) is 0.438. The summed E-state index contributed by atoms with van der Waals surface area (Å²) in [7, 11) is 0. The van der Waals surface area contributed by atoms with Gasteiger partial charge in [0.2, 0.25) is 5.82 Å². The maximum Gasteiger partial charge on any atom is 0.291 e. The molecular formula is C16H20Cl3N5O. The third-order valence-electron chi connectivity index (χ3n) is 4.40. The number of carbonyl (C=O) groups is 1. The van der Waals surface area contributed by atoms with Gasteiger partial charge in [-0.05, 0) is 44.4 Å². The lowest BCUT2D eigenvalue weighted by atomic mass is 10.0. The number of para-hydroxylation sites is 1. The van der Waals surface area contributed by atoms with E-state index in [2.05, 4.69) is 15.4 Å². The third kappa shape index (κ3) is 4.08. The summed E-state index contributed by atoms with van der Waals surface area (Å²) >= 11 is 12.4. The molecule has 0 spiro atoms. The van der Waals surface area contributed by atoms with Gasteiger partial charge in [0.1, 0.15) is 11.5 Å². The minimum absolute atomic E-state index is 0. The molecule has 1 saturated carbocycles. The van der Waals surface area contributed by atoms with Crippen molar-refractivity contribution < 1.29 is 4.79 Å². The SMILES string of the molecule is Cc1nc(C(=O)NC2CCCC2CN)nn1-c1c(Cl)cccc1Cl.Cl. The Kier molecular flexibility index (Phi) is 6.68. The molecule has 1 aliphatic carbocycles. The van der Waals surface area contributed by atoms with Gasteiger partial charge in [0.25, 0.3) is 5.91 Å². The number of benzene rings is 1. The van der Waals surface area contributed by atoms with Gasteiger partial charge in [-0.2, -0.15) is 0 Å². The van der Waals surface area contributed by atoms with Crippen LogP contribution >= 0.6 is 35.6 Å². The summed E-state index contributed by atoms with van der Waals surface area (Å²) in [5.74, 6) is 0.656. The standard InChI is InChI=1S/C16H19Cl2N5O.ClH/c1-9-20-15(16(24)21-13-7-2-4-10(13)8-19)22-23(9)14-11(17)5-3-6-12(14)18;/h3,5-6,10,13H,2,4,7-8,19H2,1H3,(H,21,24);1H. The molecule has 2 atom stereocenters. The summed E-state index contributed by atoms with van der Waals surface area (Å²) in [5.41, 5.74) is 6.28. The smallest absolute Gasteiger partial charge is 0.291 e. The zero-order valence-electron chi connectivity index (χ0n) is 13.7. The number of halogens is 3. The maximum absolute atomic E-state index is 12.5. The largest absolute Gasteiger partial charge is 0.346 e. The van der Waals surface area contributed by atoms with Gasteiger partial charge >= 0.3 is 0 Å². The highest BCUT2D eigenvalue weighted by Crippen LogP contribution is 2.29. The second kappa shape index (κ2) is 8.36. The fourth-order valence-corrected chi connectivity index (χ4v) is 3.69. The highest BCUT2D eigenvalue weighted by Gasteiger charge is 2.29. The van der Waals surface area contributed by atoms with Crippen LogP contribution in [0.2, 0.25) is 10.0 Å². The van der Waals surface area contributed by atoms with Crippen molar-refractivity contribution in [3.05, 3.63) is 39.9 Å². The van der Waals surface area contributed by atoms with Gasteiger partial charge in [-0.25, -0.2) is 9.67 Å². The summed E-state index contributed by atoms with van der Waals surface area (Å²) < 4.78 is 1.49. The normalized spacial score (nSPS) is 19.5. The first kappa shape index (κ1) is 20.0. The molecule has 0 saturated heterocycles. The van der Waals surface area contributed by atoms with E-state index < -0.39 is 0 Å². The molecule has 6 nitrogen and oxygen atoms in total. The van der Waals surface area contributed by atoms with E-state index in [9.17, 15) is 4.79 Å². The van der Waals surface area contributed by atoms with Crippen LogP contribution in [0, 0.1) is 12.8 Å². The van der Waals surface area contributed by atoms with Crippen LogP contribution in [0.3, 0.4) is 0 Å². The number of carbonyl (C=O) groups excluding carboxylic acids is 1. The Hall–Kier alpha value is -1.34. The van der Waals surface area contributed by atoms with Crippen LogP contribution in [0.4, 0.5) is 0 Å². The first-order chi connectivity index (χ1) is 11.5. The highest BCUT2D eigenvalue weighted by molar-refractivity contribution is 6.37. The topological polar surface area (TPSA) is 85.8 Å². The average Bonchev–Trinajstić information content (AvgIpc) is 3.14. The van der Waals surface area contributed by atoms with Crippen LogP contribution in [-0.4, -0.2) is 33.3 Å². The predicted molar refractivity (Wildman–Crippen MR) is 101 cm³/mol. The van der Waals surface area contributed by atoms with Crippen LogP contribution in [-0.2, 0) is 0 Å². The minimum Gasteiger partial charge on any atom is -0.346 e. The second-order valence-electron chi connectivity index (χ2n) is 5.97. The van der Waals surface area contributed by atoms with Crippen LogP contribution in [0.1, 0.15) is 35.7 Å². The Balaban J connectivity index is 0.00000225. The number of rotatable bonds is 4. The molecule has 2 aromatic rings. The number of nitrogens with zero attached hydrogens (tertiary/aromatic N) is 3. The molecule has 1 amide bonds. The molecule has 9 heteroatoms. The maximum atomic E-state index is 12.5. The Bertz CT molecular complexity index is 744. The van der Waals surface area contributed by atoms with Crippen molar-refractivity contribution in [2.75, 3.05) is 6.54 Å². The summed E-state index contributed by atoms with van der Waals surface area (Å²) in [6, 6.07) is 5.27. The molecule has 2 unspecified atom stereocenters. The number of nitrogens with two attached hydrogens (primary N) is 1. The van der Waals surface area contributed by atoms with Gasteiger partial charge < -0.3 is 11.1 Å². The van der Waals surface area contributed by atoms with E-state index in [1.165, 1.54) is 4.68 Å². The molecule has 25 heavy (non-hydrogen) atoms. The number of aryl methyl sites for hydroxylation is 1. The molecule has 3 rings (SSSR count). The van der Waals surface area contributed by atoms with E-state index in [0.29, 0.717) is 34.0 Å². The van der Waals surface area contributed by atoms with Crippen molar-refractivity contribution in [1.82, 2.24) is 20.1 Å². The van der Waals surface area contributed by atoms with Gasteiger partial charge in [0.15, 0.2) is 0 Å². The zero-order chi connectivity index (χ0) is 17.3. The molecule has 3 N–H and O–H groups in total. The summed E-state index contributed by atoms with van der Waals surface area (Å²) in [6.45, 7) is 2.32. The predicted octanol–water partition coefficient (Wildman–Crippen LogP) is 3.16. The quantitative estimate of drug-likeness (QED) is 0.819. The number of hydrogen-bond acceptors (Lipinski definition) is 4. The second-order valence-corrected chi connectivity index (χ2v) is 6.79. The molecule has 0 radical (unpaired) electrons. The molecule has 1 heterocycles. The first-order valence-electron chi connectivity index (χ1n) is 7.90. The minimum atomic E-state index is -0.301. The van der Waals surface area contributed by atoms with Crippen LogP contribution in [0.5, 0.6) is 0 Å². The Morgan fingerprint density at radius 3 is 2.68 bits per heavy atom. The van der Waals surface area contributed by atoms with E-state index in [-0.39, 0.29) is 30.2 Å². The van der Waals surface area contributed by atoms with Gasteiger partial charge in [-0.15, -0.1) is 17.5 Å². The van der Waals surface area contributed by atoms with Gasteiger partial charge in [-0.3, -0.25) is 4.79 Å². The Morgan fingerprint density at radius 2 is 2.04 bits per heavy atom. The van der Waals surface area contributed by atoms with Crippen molar-refractivity contribution >= 4 is 41.5 Å². The van der Waals surface area contributed by atoms with Gasteiger partial charge in [0.05, 0.1) is 10.0 Å². The molecule has 1 aliphatic rings. The molecule has 0 bridgehead atoms. The number of hydrogen-bond donors (Lipinski definition) is 2. The molecule has 1 fully saturated rings. The lowest BCUT2D eigenvalue weighted by Gasteiger charge is -2.18. The third-order valence-corrected chi connectivity index (χ3v) is 5.01. The van der Waals surface area contributed by atoms with Crippen LogP contribution < -0.4 is 11.1 Å². The monoisotopic (exact) mass is 403 g/mol. The summed E-state index contributed by atoms with van der Waals surface area (Å²) in [4.78, 5) is 16.7. The van der Waals surface area contributed by atoms with Crippen molar-refractivity contribution in [2.24, 2.45) is 11.7 Å². The Labute approximate surface area is 162 Å². The molecule has 1 aromatic carbocycles. The molecule has 136 valence electrons. The number of aromatic nitrogens is 3. The number of amides is 1. The average molecular weight is 405 g/mol. The molecular weight excluding hydrogens is 385 g/mol. The van der Waals surface area contributed by atoms with Crippen molar-refractivity contribution in [3.63, 3.8) is 0 Å². The summed E-state index contributed by atoms with van der Waals surface area (Å²) in [6.07, 6.45) is 3.05. The van der Waals surface area contributed by atoms with Crippen molar-refractivity contribution in [2.45, 2.75) is 32.2 Å².